The van der Waals surface area contributed by atoms with Gasteiger partial charge in [-0.3, -0.25) is 9.89 Å². The molecule has 1 atom stereocenters. The Morgan fingerprint density at radius 3 is 2.71 bits per heavy atom. The Kier molecular flexibility index (Phi) is 9.71. The number of ether oxygens (including phenoxy) is 4. The summed E-state index contributed by atoms with van der Waals surface area (Å²) in [5, 5.41) is 3.48. The number of nitrogens with zero attached hydrogens (tertiary/aromatic N) is 3. The number of benzene rings is 1. The smallest absolute Gasteiger partial charge is 0.193 e. The molecule has 0 aromatic heterocycles. The van der Waals surface area contributed by atoms with Crippen LogP contribution < -0.4 is 14.8 Å². The molecule has 0 saturated carbocycles. The van der Waals surface area contributed by atoms with Crippen molar-refractivity contribution in [1.29, 1.82) is 0 Å². The number of hydrogen-bond acceptors (Lipinski definition) is 6. The van der Waals surface area contributed by atoms with E-state index >= 15 is 0 Å². The highest BCUT2D eigenvalue weighted by atomic mass is 16.5. The highest BCUT2D eigenvalue weighted by Gasteiger charge is 2.21. The van der Waals surface area contributed by atoms with E-state index in [0.29, 0.717) is 6.10 Å². The highest BCUT2D eigenvalue weighted by molar-refractivity contribution is 5.79. The van der Waals surface area contributed by atoms with Crippen LogP contribution in [0.1, 0.15) is 24.8 Å². The number of piperazine rings is 1. The van der Waals surface area contributed by atoms with Gasteiger partial charge in [-0.05, 0) is 37.5 Å². The van der Waals surface area contributed by atoms with Gasteiger partial charge in [0.05, 0.1) is 26.9 Å². The van der Waals surface area contributed by atoms with Crippen molar-refractivity contribution in [2.24, 2.45) is 4.99 Å². The van der Waals surface area contributed by atoms with Gasteiger partial charge in [0.2, 0.25) is 0 Å². The summed E-state index contributed by atoms with van der Waals surface area (Å²) in [6, 6.07) is 5.97. The van der Waals surface area contributed by atoms with E-state index in [1.165, 1.54) is 0 Å². The molecule has 0 amide bonds. The summed E-state index contributed by atoms with van der Waals surface area (Å²) in [7, 11) is 5.26. The van der Waals surface area contributed by atoms with E-state index in [-0.39, 0.29) is 0 Å². The van der Waals surface area contributed by atoms with E-state index in [0.717, 1.165) is 101 Å². The van der Waals surface area contributed by atoms with Crippen LogP contribution >= 0.6 is 0 Å². The predicted molar refractivity (Wildman–Crippen MR) is 122 cm³/mol. The van der Waals surface area contributed by atoms with Crippen LogP contribution in [0.5, 0.6) is 11.5 Å². The molecule has 1 aromatic rings. The molecule has 2 aliphatic rings. The predicted octanol–water partition coefficient (Wildman–Crippen LogP) is 1.98. The normalized spacial score (nSPS) is 20.2. The van der Waals surface area contributed by atoms with E-state index < -0.39 is 0 Å². The van der Waals surface area contributed by atoms with Crippen molar-refractivity contribution in [3.63, 3.8) is 0 Å². The fourth-order valence-corrected chi connectivity index (χ4v) is 4.06. The Hall–Kier alpha value is -2.03. The average molecular weight is 435 g/mol. The summed E-state index contributed by atoms with van der Waals surface area (Å²) in [4.78, 5) is 9.24. The Bertz CT molecular complexity index is 686. The summed E-state index contributed by atoms with van der Waals surface area (Å²) in [6.45, 7) is 7.91. The number of guanidine groups is 1. The Labute approximate surface area is 186 Å². The maximum atomic E-state index is 5.74. The minimum atomic E-state index is 0.300. The van der Waals surface area contributed by atoms with Gasteiger partial charge in [-0.15, -0.1) is 0 Å². The van der Waals surface area contributed by atoms with E-state index in [1.807, 2.05) is 19.2 Å². The Morgan fingerprint density at radius 2 is 2.03 bits per heavy atom. The molecule has 2 saturated heterocycles. The first-order valence-corrected chi connectivity index (χ1v) is 11.3. The Balaban J connectivity index is 1.36. The minimum absolute atomic E-state index is 0.300. The molecular formula is C23H38N4O4. The molecule has 0 aliphatic carbocycles. The van der Waals surface area contributed by atoms with Crippen molar-refractivity contribution >= 4 is 5.96 Å². The van der Waals surface area contributed by atoms with Crippen molar-refractivity contribution in [2.45, 2.75) is 31.9 Å². The molecule has 1 aromatic carbocycles. The topological polar surface area (TPSA) is 67.8 Å². The van der Waals surface area contributed by atoms with Crippen LogP contribution in [0.2, 0.25) is 0 Å². The first-order chi connectivity index (χ1) is 15.2. The molecule has 8 nitrogen and oxygen atoms in total. The summed E-state index contributed by atoms with van der Waals surface area (Å²) >= 11 is 0. The van der Waals surface area contributed by atoms with E-state index in [4.69, 9.17) is 18.9 Å². The lowest BCUT2D eigenvalue weighted by Crippen LogP contribution is -2.52. The van der Waals surface area contributed by atoms with Gasteiger partial charge in [-0.25, -0.2) is 0 Å². The molecule has 2 aliphatic heterocycles. The molecule has 0 spiro atoms. The third-order valence-electron chi connectivity index (χ3n) is 5.84. The molecule has 2 heterocycles. The largest absolute Gasteiger partial charge is 0.497 e. The first-order valence-electron chi connectivity index (χ1n) is 11.3. The van der Waals surface area contributed by atoms with Gasteiger partial charge in [0.15, 0.2) is 5.96 Å². The third kappa shape index (κ3) is 7.26. The van der Waals surface area contributed by atoms with Gasteiger partial charge in [0.1, 0.15) is 11.5 Å². The van der Waals surface area contributed by atoms with Crippen LogP contribution in [-0.4, -0.2) is 95.7 Å². The van der Waals surface area contributed by atoms with Crippen LogP contribution in [0.3, 0.4) is 0 Å². The second kappa shape index (κ2) is 12.7. The zero-order valence-electron chi connectivity index (χ0n) is 19.3. The zero-order valence-corrected chi connectivity index (χ0v) is 19.3. The minimum Gasteiger partial charge on any atom is -0.497 e. The molecule has 1 unspecified atom stereocenters. The molecule has 1 N–H and O–H groups in total. The monoisotopic (exact) mass is 434 g/mol. The molecule has 31 heavy (non-hydrogen) atoms. The van der Waals surface area contributed by atoms with Crippen molar-refractivity contribution in [2.75, 3.05) is 73.8 Å². The van der Waals surface area contributed by atoms with Gasteiger partial charge in [-0.2, -0.15) is 0 Å². The van der Waals surface area contributed by atoms with Gasteiger partial charge in [0, 0.05) is 65.1 Å². The highest BCUT2D eigenvalue weighted by Crippen LogP contribution is 2.25. The van der Waals surface area contributed by atoms with Crippen molar-refractivity contribution in [3.05, 3.63) is 23.8 Å². The molecular weight excluding hydrogens is 396 g/mol. The van der Waals surface area contributed by atoms with Crippen molar-refractivity contribution < 1.29 is 18.9 Å². The van der Waals surface area contributed by atoms with Gasteiger partial charge < -0.3 is 29.2 Å². The lowest BCUT2D eigenvalue weighted by atomic mass is 10.1. The maximum absolute atomic E-state index is 5.74. The van der Waals surface area contributed by atoms with Gasteiger partial charge in [-0.1, -0.05) is 0 Å². The summed E-state index contributed by atoms with van der Waals surface area (Å²) in [5.41, 5.74) is 1.15. The van der Waals surface area contributed by atoms with Gasteiger partial charge >= 0.3 is 0 Å². The molecule has 3 rings (SSSR count). The molecule has 0 radical (unpaired) electrons. The van der Waals surface area contributed by atoms with Crippen LogP contribution in [0.25, 0.3) is 0 Å². The number of aliphatic imine (C=N–C) groups is 1. The van der Waals surface area contributed by atoms with Crippen LogP contribution in [0.4, 0.5) is 0 Å². The number of nitrogens with one attached hydrogen (secondary N) is 1. The molecule has 2 fully saturated rings. The Morgan fingerprint density at radius 1 is 1.19 bits per heavy atom. The summed E-state index contributed by atoms with van der Waals surface area (Å²) in [5.74, 6) is 2.74. The van der Waals surface area contributed by atoms with Crippen molar-refractivity contribution in [1.82, 2.24) is 15.1 Å². The standard InChI is InChI=1S/C23H38N4O4/c1-24-23(25-9-5-14-30-18-21-6-4-15-31-21)27-12-10-26(11-13-27)17-19-16-20(28-2)7-8-22(19)29-3/h7-8,16,21H,4-6,9-15,17-18H2,1-3H3,(H,24,25). The number of rotatable bonds is 10. The number of methoxy groups -OCH3 is 2. The van der Waals surface area contributed by atoms with Gasteiger partial charge in [0.25, 0.3) is 0 Å². The van der Waals surface area contributed by atoms with Crippen LogP contribution in [0, 0.1) is 0 Å². The summed E-state index contributed by atoms with van der Waals surface area (Å²) in [6.07, 6.45) is 3.55. The molecule has 174 valence electrons. The third-order valence-corrected chi connectivity index (χ3v) is 5.84. The first kappa shape index (κ1) is 23.6. The average Bonchev–Trinajstić information content (AvgIpc) is 3.33. The SMILES string of the molecule is CN=C(NCCCOCC1CCCO1)N1CCN(Cc2cc(OC)ccc2OC)CC1. The number of hydrogen-bond donors (Lipinski definition) is 1. The lowest BCUT2D eigenvalue weighted by Gasteiger charge is -2.36. The lowest BCUT2D eigenvalue weighted by molar-refractivity contribution is 0.0168. The fourth-order valence-electron chi connectivity index (χ4n) is 4.06. The quantitative estimate of drug-likeness (QED) is 0.343. The zero-order chi connectivity index (χ0) is 21.9. The maximum Gasteiger partial charge on any atom is 0.193 e. The summed E-state index contributed by atoms with van der Waals surface area (Å²) < 4.78 is 22.2. The van der Waals surface area contributed by atoms with E-state index in [2.05, 4.69) is 26.2 Å². The van der Waals surface area contributed by atoms with Crippen LogP contribution in [-0.2, 0) is 16.0 Å². The van der Waals surface area contributed by atoms with E-state index in [1.54, 1.807) is 14.2 Å². The van der Waals surface area contributed by atoms with Crippen molar-refractivity contribution in [3.8, 4) is 11.5 Å². The van der Waals surface area contributed by atoms with Crippen LogP contribution in [0.15, 0.2) is 23.2 Å². The second-order valence-corrected chi connectivity index (χ2v) is 7.98. The molecule has 0 bridgehead atoms. The fraction of sp³-hybridized carbons (Fsp3) is 0.696. The van der Waals surface area contributed by atoms with E-state index in [9.17, 15) is 0 Å². The second-order valence-electron chi connectivity index (χ2n) is 7.98. The molecule has 8 heteroatoms.